The molecule has 0 amide bonds. The molecule has 0 saturated heterocycles. The summed E-state index contributed by atoms with van der Waals surface area (Å²) in [5.74, 6) is 0. The Balaban J connectivity index is 2.71. The van der Waals surface area contributed by atoms with Crippen LogP contribution in [-0.4, -0.2) is 0 Å². The number of rotatable bonds is 1. The Morgan fingerprint density at radius 3 is 1.90 bits per heavy atom. The number of hydrogen-bond acceptors (Lipinski definition) is 0. The maximum atomic E-state index is 3.45. The molecule has 0 atom stereocenters. The second kappa shape index (κ2) is 5.09. The topological polar surface area (TPSA) is 0 Å². The van der Waals surface area contributed by atoms with Crippen LogP contribution >= 0.6 is 0 Å². The average Bonchev–Trinajstić information content (AvgIpc) is 2.37. The Hall–Kier alpha value is -1.56. The van der Waals surface area contributed by atoms with E-state index in [-0.39, 0.29) is 10.8 Å². The van der Waals surface area contributed by atoms with E-state index in [1.54, 1.807) is 0 Å². The lowest BCUT2D eigenvalue weighted by atomic mass is 9.77. The first-order chi connectivity index (χ1) is 9.21. The van der Waals surface area contributed by atoms with Gasteiger partial charge in [0, 0.05) is 0 Å². The van der Waals surface area contributed by atoms with Crippen molar-refractivity contribution >= 4 is 0 Å². The van der Waals surface area contributed by atoms with Gasteiger partial charge in [0.1, 0.15) is 0 Å². The summed E-state index contributed by atoms with van der Waals surface area (Å²) in [6.07, 6.45) is 0. The van der Waals surface area contributed by atoms with Crippen molar-refractivity contribution in [3.05, 3.63) is 59.7 Å². The summed E-state index contributed by atoms with van der Waals surface area (Å²) in [7, 11) is 0. The van der Waals surface area contributed by atoms with Crippen molar-refractivity contribution in [3.8, 4) is 11.1 Å². The first-order valence-corrected chi connectivity index (χ1v) is 7.32. The van der Waals surface area contributed by atoms with Gasteiger partial charge in [0.05, 0.1) is 0 Å². The average molecular weight is 265 g/mol. The third-order valence-corrected chi connectivity index (χ3v) is 3.63. The molecule has 0 spiro atoms. The van der Waals surface area contributed by atoms with Crippen LogP contribution in [0.2, 0.25) is 0 Å². The third kappa shape index (κ3) is 2.95. The molecule has 2 aromatic rings. The van der Waals surface area contributed by atoms with E-state index < -0.39 is 0 Å². The molecule has 0 heterocycles. The molecule has 1 radical (unpaired) electrons. The van der Waals surface area contributed by atoms with Crippen LogP contribution < -0.4 is 0 Å². The van der Waals surface area contributed by atoms with Crippen LogP contribution in [0.5, 0.6) is 0 Å². The normalized spacial score (nSPS) is 12.5. The molecule has 0 heteroatoms. The fourth-order valence-electron chi connectivity index (χ4n) is 2.65. The van der Waals surface area contributed by atoms with Crippen molar-refractivity contribution < 1.29 is 0 Å². The highest BCUT2D eigenvalue weighted by Gasteiger charge is 2.23. The Morgan fingerprint density at radius 1 is 0.700 bits per heavy atom. The van der Waals surface area contributed by atoms with Gasteiger partial charge in [-0.05, 0) is 39.2 Å². The summed E-state index contributed by atoms with van der Waals surface area (Å²) >= 11 is 0. The van der Waals surface area contributed by atoms with E-state index in [1.165, 1.54) is 22.3 Å². The first-order valence-electron chi connectivity index (χ1n) is 7.32. The zero-order valence-electron chi connectivity index (χ0n) is 13.5. The second-order valence-electron chi connectivity index (χ2n) is 7.50. The fourth-order valence-corrected chi connectivity index (χ4v) is 2.65. The molecule has 0 aliphatic carbocycles. The first kappa shape index (κ1) is 14.8. The van der Waals surface area contributed by atoms with Gasteiger partial charge in [-0.15, -0.1) is 0 Å². The van der Waals surface area contributed by atoms with Crippen molar-refractivity contribution in [2.45, 2.75) is 52.4 Å². The minimum Gasteiger partial charge on any atom is -0.0619 e. The van der Waals surface area contributed by atoms with Crippen LogP contribution in [-0.2, 0) is 10.8 Å². The molecule has 0 aliphatic rings. The fraction of sp³-hybridized carbons (Fsp3) is 0.400. The monoisotopic (exact) mass is 265 g/mol. The summed E-state index contributed by atoms with van der Waals surface area (Å²) in [6.45, 7) is 13.6. The van der Waals surface area contributed by atoms with E-state index in [1.807, 2.05) is 6.07 Å². The third-order valence-electron chi connectivity index (χ3n) is 3.63. The van der Waals surface area contributed by atoms with Gasteiger partial charge in [-0.1, -0.05) is 84.0 Å². The molecule has 0 N–H and O–H groups in total. The highest BCUT2D eigenvalue weighted by atomic mass is 14.3. The maximum absolute atomic E-state index is 3.45. The molecule has 0 aliphatic heterocycles. The molecule has 20 heavy (non-hydrogen) atoms. The van der Waals surface area contributed by atoms with Gasteiger partial charge in [-0.3, -0.25) is 0 Å². The predicted molar refractivity (Wildman–Crippen MR) is 88.1 cm³/mol. The minimum absolute atomic E-state index is 0.0988. The molecular formula is C20H25. The maximum Gasteiger partial charge on any atom is -0.0120 e. The van der Waals surface area contributed by atoms with Crippen molar-refractivity contribution in [3.63, 3.8) is 0 Å². The van der Waals surface area contributed by atoms with E-state index in [0.29, 0.717) is 0 Å². The standard InChI is InChI=1S/C20H25/c1-19(2,3)17-13-9-7-11-15(17)16-12-8-10-14-18(16)20(4,5)6/h7-13H,1-6H3. The summed E-state index contributed by atoms with van der Waals surface area (Å²) in [5.41, 5.74) is 5.57. The van der Waals surface area contributed by atoms with Crippen LogP contribution in [0.15, 0.2) is 42.5 Å². The largest absolute Gasteiger partial charge is 0.0619 e. The van der Waals surface area contributed by atoms with Gasteiger partial charge in [0.25, 0.3) is 0 Å². The van der Waals surface area contributed by atoms with Gasteiger partial charge in [-0.2, -0.15) is 0 Å². The van der Waals surface area contributed by atoms with Crippen molar-refractivity contribution in [1.82, 2.24) is 0 Å². The van der Waals surface area contributed by atoms with Crippen LogP contribution in [0.4, 0.5) is 0 Å². The van der Waals surface area contributed by atoms with Gasteiger partial charge in [0.15, 0.2) is 0 Å². The highest BCUT2D eigenvalue weighted by molar-refractivity contribution is 5.72. The molecule has 0 unspecified atom stereocenters. The molecule has 0 bridgehead atoms. The SMILES string of the molecule is CC(C)(C)c1[c]cccc1-c1ccccc1C(C)(C)C. The lowest BCUT2D eigenvalue weighted by Gasteiger charge is -2.27. The lowest BCUT2D eigenvalue weighted by Crippen LogP contribution is -2.16. The molecule has 2 aromatic carbocycles. The van der Waals surface area contributed by atoms with Crippen LogP contribution in [0.1, 0.15) is 52.7 Å². The van der Waals surface area contributed by atoms with Gasteiger partial charge < -0.3 is 0 Å². The number of hydrogen-bond donors (Lipinski definition) is 0. The second-order valence-corrected chi connectivity index (χ2v) is 7.50. The van der Waals surface area contributed by atoms with Crippen molar-refractivity contribution in [2.75, 3.05) is 0 Å². The molecule has 2 rings (SSSR count). The van der Waals surface area contributed by atoms with Crippen LogP contribution in [0.3, 0.4) is 0 Å². The molecule has 0 saturated carbocycles. The molecule has 0 nitrogen and oxygen atoms in total. The Kier molecular flexibility index (Phi) is 3.77. The zero-order valence-corrected chi connectivity index (χ0v) is 13.5. The van der Waals surface area contributed by atoms with Crippen LogP contribution in [0, 0.1) is 6.07 Å². The minimum atomic E-state index is 0.0988. The summed E-state index contributed by atoms with van der Waals surface area (Å²) in [4.78, 5) is 0. The number of benzene rings is 2. The van der Waals surface area contributed by atoms with E-state index in [2.05, 4.69) is 84.0 Å². The zero-order chi connectivity index (χ0) is 15.0. The molecule has 0 aromatic heterocycles. The Bertz CT molecular complexity index is 536. The molecular weight excluding hydrogens is 240 g/mol. The smallest absolute Gasteiger partial charge is 0.0120 e. The Labute approximate surface area is 123 Å². The Morgan fingerprint density at radius 2 is 1.30 bits per heavy atom. The van der Waals surface area contributed by atoms with E-state index >= 15 is 0 Å². The highest BCUT2D eigenvalue weighted by Crippen LogP contribution is 2.38. The summed E-state index contributed by atoms with van der Waals surface area (Å²) < 4.78 is 0. The lowest BCUT2D eigenvalue weighted by molar-refractivity contribution is 0.584. The molecule has 105 valence electrons. The summed E-state index contributed by atoms with van der Waals surface area (Å²) in [5, 5.41) is 0. The van der Waals surface area contributed by atoms with Gasteiger partial charge in [0.2, 0.25) is 0 Å². The van der Waals surface area contributed by atoms with Crippen molar-refractivity contribution in [2.24, 2.45) is 0 Å². The van der Waals surface area contributed by atoms with Gasteiger partial charge >= 0.3 is 0 Å². The quantitative estimate of drug-likeness (QED) is 0.616. The van der Waals surface area contributed by atoms with E-state index in [9.17, 15) is 0 Å². The van der Waals surface area contributed by atoms with Gasteiger partial charge in [-0.25, -0.2) is 0 Å². The molecule has 0 fully saturated rings. The summed E-state index contributed by atoms with van der Waals surface area (Å²) in [6, 6.07) is 18.5. The van der Waals surface area contributed by atoms with Crippen molar-refractivity contribution in [1.29, 1.82) is 0 Å². The van der Waals surface area contributed by atoms with E-state index in [4.69, 9.17) is 0 Å². The van der Waals surface area contributed by atoms with E-state index in [0.717, 1.165) is 0 Å². The predicted octanol–water partition coefficient (Wildman–Crippen LogP) is 5.75. The van der Waals surface area contributed by atoms with Crippen LogP contribution in [0.25, 0.3) is 11.1 Å².